The fourth-order valence-electron chi connectivity index (χ4n) is 1.18. The Kier molecular flexibility index (Phi) is 2.63. The van der Waals surface area contributed by atoms with E-state index in [-0.39, 0.29) is 5.92 Å². The lowest BCUT2D eigenvalue weighted by molar-refractivity contribution is 0.0831. The van der Waals surface area contributed by atoms with Crippen molar-refractivity contribution in [2.45, 2.75) is 19.4 Å². The first-order valence-corrected chi connectivity index (χ1v) is 7.42. The molecule has 0 aromatic rings. The van der Waals surface area contributed by atoms with E-state index in [0.29, 0.717) is 0 Å². The second kappa shape index (κ2) is 3.10. The summed E-state index contributed by atoms with van der Waals surface area (Å²) in [5.41, 5.74) is -0.440. The first-order valence-electron chi connectivity index (χ1n) is 3.76. The molecule has 0 aromatic carbocycles. The van der Waals surface area contributed by atoms with Crippen molar-refractivity contribution in [3.8, 4) is 12.3 Å². The van der Waals surface area contributed by atoms with Gasteiger partial charge in [-0.1, -0.05) is 17.3 Å². The minimum Gasteiger partial charge on any atom is -0.314 e. The zero-order valence-corrected chi connectivity index (χ0v) is 9.24. The lowest BCUT2D eigenvalue weighted by Gasteiger charge is -2.37. The highest BCUT2D eigenvalue weighted by Gasteiger charge is 2.40. The van der Waals surface area contributed by atoms with Crippen LogP contribution in [-0.2, 0) is 9.09 Å². The molecule has 1 aliphatic heterocycles. The van der Waals surface area contributed by atoms with Crippen LogP contribution in [0.5, 0.6) is 0 Å². The molecule has 2 atom stereocenters. The highest BCUT2D eigenvalue weighted by atomic mass is 32.7. The summed E-state index contributed by atoms with van der Waals surface area (Å²) in [6.07, 6.45) is 5.33. The standard InChI is InChI=1S/C8H13O2PS/c1-5-7-6-12-11(4,9)10-8(7,2)3/h1,7H,6H2,2-4H3. The molecule has 0 aromatic heterocycles. The normalized spacial score (nSPS) is 40.3. The zero-order chi connectivity index (χ0) is 9.41. The minimum absolute atomic E-state index is 0.0597. The number of hydrogen-bond donors (Lipinski definition) is 0. The molecule has 2 unspecified atom stereocenters. The van der Waals surface area contributed by atoms with E-state index in [1.165, 1.54) is 11.4 Å². The molecule has 68 valence electrons. The zero-order valence-electron chi connectivity index (χ0n) is 7.53. The van der Waals surface area contributed by atoms with Crippen LogP contribution in [0.2, 0.25) is 0 Å². The molecule has 4 heteroatoms. The van der Waals surface area contributed by atoms with E-state index in [1.807, 2.05) is 13.8 Å². The van der Waals surface area contributed by atoms with Gasteiger partial charge < -0.3 is 4.52 Å². The molecular formula is C8H13O2PS. The SMILES string of the molecule is C#CC1CSP(C)(=O)OC1(C)C. The third-order valence-electron chi connectivity index (χ3n) is 1.92. The highest BCUT2D eigenvalue weighted by Crippen LogP contribution is 2.63. The van der Waals surface area contributed by atoms with E-state index in [4.69, 9.17) is 10.9 Å². The topological polar surface area (TPSA) is 26.3 Å². The third kappa shape index (κ3) is 2.07. The summed E-state index contributed by atoms with van der Waals surface area (Å²) in [5.74, 6) is 3.46. The fourth-order valence-corrected chi connectivity index (χ4v) is 5.12. The van der Waals surface area contributed by atoms with Crippen LogP contribution in [0.4, 0.5) is 0 Å². The van der Waals surface area contributed by atoms with Gasteiger partial charge in [-0.25, -0.2) is 0 Å². The summed E-state index contributed by atoms with van der Waals surface area (Å²) < 4.78 is 17.0. The van der Waals surface area contributed by atoms with Gasteiger partial charge in [0.15, 0.2) is 0 Å². The van der Waals surface area contributed by atoms with Gasteiger partial charge in [0.25, 0.3) is 6.57 Å². The smallest absolute Gasteiger partial charge is 0.255 e. The van der Waals surface area contributed by atoms with E-state index in [9.17, 15) is 4.57 Å². The van der Waals surface area contributed by atoms with Crippen LogP contribution in [0, 0.1) is 18.3 Å². The molecule has 12 heavy (non-hydrogen) atoms. The second-order valence-electron chi connectivity index (χ2n) is 3.48. The van der Waals surface area contributed by atoms with E-state index in [1.54, 1.807) is 6.66 Å². The Hall–Kier alpha value is 0.1000. The first kappa shape index (κ1) is 10.2. The maximum atomic E-state index is 11.6. The van der Waals surface area contributed by atoms with Crippen molar-refractivity contribution in [1.29, 1.82) is 0 Å². The van der Waals surface area contributed by atoms with Crippen LogP contribution in [-0.4, -0.2) is 18.0 Å². The predicted octanol–water partition coefficient (Wildman–Crippen LogP) is 2.60. The summed E-state index contributed by atoms with van der Waals surface area (Å²) >= 11 is 1.35. The van der Waals surface area contributed by atoms with Gasteiger partial charge in [-0.2, -0.15) is 0 Å². The van der Waals surface area contributed by atoms with Crippen molar-refractivity contribution in [2.75, 3.05) is 12.4 Å². The molecule has 0 bridgehead atoms. The summed E-state index contributed by atoms with van der Waals surface area (Å²) in [7, 11) is 0. The van der Waals surface area contributed by atoms with Gasteiger partial charge in [0, 0.05) is 12.4 Å². The van der Waals surface area contributed by atoms with Gasteiger partial charge in [-0.3, -0.25) is 4.57 Å². The van der Waals surface area contributed by atoms with E-state index in [2.05, 4.69) is 5.92 Å². The second-order valence-corrected chi connectivity index (χ2v) is 8.56. The Morgan fingerprint density at radius 1 is 1.75 bits per heavy atom. The molecule has 0 aliphatic carbocycles. The average molecular weight is 204 g/mol. The first-order chi connectivity index (χ1) is 5.37. The van der Waals surface area contributed by atoms with E-state index >= 15 is 0 Å². The van der Waals surface area contributed by atoms with Gasteiger partial charge in [0.1, 0.15) is 0 Å². The molecule has 1 rings (SSSR count). The summed E-state index contributed by atoms with van der Waals surface area (Å²) in [5, 5.41) is 0. The molecule has 0 saturated carbocycles. The van der Waals surface area contributed by atoms with Crippen molar-refractivity contribution < 1.29 is 9.09 Å². The monoisotopic (exact) mass is 204 g/mol. The van der Waals surface area contributed by atoms with Gasteiger partial charge in [0.05, 0.1) is 11.5 Å². The maximum absolute atomic E-state index is 11.6. The summed E-state index contributed by atoms with van der Waals surface area (Å²) in [4.78, 5) is 0. The van der Waals surface area contributed by atoms with Crippen molar-refractivity contribution in [1.82, 2.24) is 0 Å². The molecule has 1 aliphatic rings. The number of terminal acetylenes is 1. The van der Waals surface area contributed by atoms with Gasteiger partial charge in [-0.15, -0.1) is 6.42 Å². The van der Waals surface area contributed by atoms with Crippen molar-refractivity contribution in [3.05, 3.63) is 0 Å². The van der Waals surface area contributed by atoms with Crippen molar-refractivity contribution in [3.63, 3.8) is 0 Å². The Morgan fingerprint density at radius 3 is 2.75 bits per heavy atom. The van der Waals surface area contributed by atoms with Crippen LogP contribution in [0.25, 0.3) is 0 Å². The molecule has 0 radical (unpaired) electrons. The molecule has 1 heterocycles. The largest absolute Gasteiger partial charge is 0.314 e. The Morgan fingerprint density at radius 2 is 2.33 bits per heavy atom. The molecule has 1 fully saturated rings. The number of hydrogen-bond acceptors (Lipinski definition) is 3. The van der Waals surface area contributed by atoms with Gasteiger partial charge >= 0.3 is 0 Å². The van der Waals surface area contributed by atoms with Crippen LogP contribution in [0.15, 0.2) is 0 Å². The lowest BCUT2D eigenvalue weighted by atomic mass is 9.94. The Labute approximate surface area is 77.6 Å². The van der Waals surface area contributed by atoms with Crippen LogP contribution < -0.4 is 0 Å². The molecular weight excluding hydrogens is 191 g/mol. The van der Waals surface area contributed by atoms with Crippen LogP contribution in [0.1, 0.15) is 13.8 Å². The van der Waals surface area contributed by atoms with Crippen LogP contribution in [0.3, 0.4) is 0 Å². The molecule has 0 N–H and O–H groups in total. The highest BCUT2D eigenvalue weighted by molar-refractivity contribution is 8.56. The van der Waals surface area contributed by atoms with Gasteiger partial charge in [0.2, 0.25) is 0 Å². The predicted molar refractivity (Wildman–Crippen MR) is 53.5 cm³/mol. The molecule has 2 nitrogen and oxygen atoms in total. The fraction of sp³-hybridized carbons (Fsp3) is 0.750. The average Bonchev–Trinajstić information content (AvgIpc) is 1.83. The van der Waals surface area contributed by atoms with E-state index in [0.717, 1.165) is 5.75 Å². The summed E-state index contributed by atoms with van der Waals surface area (Å²) in [6.45, 7) is 3.00. The quantitative estimate of drug-likeness (QED) is 0.448. The van der Waals surface area contributed by atoms with E-state index < -0.39 is 12.2 Å². The number of rotatable bonds is 0. The molecule has 0 amide bonds. The van der Waals surface area contributed by atoms with Gasteiger partial charge in [-0.05, 0) is 13.8 Å². The third-order valence-corrected chi connectivity index (χ3v) is 5.75. The van der Waals surface area contributed by atoms with Crippen LogP contribution >= 0.6 is 18.0 Å². The lowest BCUT2D eigenvalue weighted by Crippen LogP contribution is -2.36. The molecule has 0 spiro atoms. The molecule has 1 saturated heterocycles. The summed E-state index contributed by atoms with van der Waals surface area (Å²) in [6, 6.07) is 0. The van der Waals surface area contributed by atoms with Crippen molar-refractivity contribution in [2.24, 2.45) is 5.92 Å². The Balaban J connectivity index is 2.83. The minimum atomic E-state index is -2.44. The van der Waals surface area contributed by atoms with Crippen molar-refractivity contribution >= 4 is 18.0 Å². The maximum Gasteiger partial charge on any atom is 0.255 e. The Bertz CT molecular complexity index is 267.